The van der Waals surface area contributed by atoms with Gasteiger partial charge in [0.1, 0.15) is 11.6 Å². The van der Waals surface area contributed by atoms with E-state index in [2.05, 4.69) is 5.32 Å². The Labute approximate surface area is 109 Å². The van der Waals surface area contributed by atoms with Gasteiger partial charge in [0.05, 0.1) is 11.5 Å². The van der Waals surface area contributed by atoms with Crippen molar-refractivity contribution in [1.29, 1.82) is 0 Å². The first kappa shape index (κ1) is 13.3. The summed E-state index contributed by atoms with van der Waals surface area (Å²) in [5.41, 5.74) is -0.0137. The summed E-state index contributed by atoms with van der Waals surface area (Å²) in [4.78, 5) is 22.7. The second-order valence-corrected chi connectivity index (χ2v) is 4.68. The number of hydrogen-bond acceptors (Lipinski definition) is 3. The maximum absolute atomic E-state index is 12.8. The monoisotopic (exact) mass is 267 g/mol. The van der Waals surface area contributed by atoms with Gasteiger partial charge in [-0.25, -0.2) is 4.39 Å². The molecule has 102 valence electrons. The van der Waals surface area contributed by atoms with Crippen LogP contribution in [0.3, 0.4) is 0 Å². The largest absolute Gasteiger partial charge is 0.507 e. The summed E-state index contributed by atoms with van der Waals surface area (Å²) >= 11 is 0. The van der Waals surface area contributed by atoms with Gasteiger partial charge < -0.3 is 15.5 Å². The molecule has 5 nitrogen and oxygen atoms in total. The molecule has 2 rings (SSSR count). The molecule has 1 amide bonds. The normalized spacial score (nSPS) is 22.2. The van der Waals surface area contributed by atoms with E-state index in [0.717, 1.165) is 12.1 Å². The Balaban J connectivity index is 2.00. The van der Waals surface area contributed by atoms with Crippen LogP contribution in [0.15, 0.2) is 18.2 Å². The average Bonchev–Trinajstić information content (AvgIpc) is 2.77. The first-order valence-electron chi connectivity index (χ1n) is 5.99. The Morgan fingerprint density at radius 2 is 2.05 bits per heavy atom. The molecule has 1 aliphatic rings. The van der Waals surface area contributed by atoms with Gasteiger partial charge in [0.25, 0.3) is 5.91 Å². The summed E-state index contributed by atoms with van der Waals surface area (Å²) < 4.78 is 12.8. The van der Waals surface area contributed by atoms with Crippen LogP contribution < -0.4 is 5.32 Å². The zero-order valence-corrected chi connectivity index (χ0v) is 10.1. The number of carbonyl (C=O) groups excluding carboxylic acids is 1. The van der Waals surface area contributed by atoms with Crippen molar-refractivity contribution < 1.29 is 24.2 Å². The molecule has 0 aromatic heterocycles. The maximum atomic E-state index is 12.8. The van der Waals surface area contributed by atoms with Crippen LogP contribution in [0.4, 0.5) is 4.39 Å². The number of phenols is 1. The number of benzene rings is 1. The highest BCUT2D eigenvalue weighted by molar-refractivity contribution is 5.97. The fourth-order valence-electron chi connectivity index (χ4n) is 2.30. The lowest BCUT2D eigenvalue weighted by atomic mass is 10.1. The van der Waals surface area contributed by atoms with Gasteiger partial charge in [-0.15, -0.1) is 0 Å². The van der Waals surface area contributed by atoms with Crippen molar-refractivity contribution in [2.24, 2.45) is 5.92 Å². The molecule has 19 heavy (non-hydrogen) atoms. The van der Waals surface area contributed by atoms with Crippen LogP contribution in [0.2, 0.25) is 0 Å². The van der Waals surface area contributed by atoms with E-state index in [0.29, 0.717) is 19.3 Å². The van der Waals surface area contributed by atoms with Gasteiger partial charge in [0, 0.05) is 12.1 Å². The molecule has 0 aliphatic heterocycles. The molecule has 2 atom stereocenters. The smallest absolute Gasteiger partial charge is 0.306 e. The lowest BCUT2D eigenvalue weighted by molar-refractivity contribution is -0.141. The number of aliphatic carboxylic acids is 1. The maximum Gasteiger partial charge on any atom is 0.306 e. The molecule has 0 spiro atoms. The number of rotatable bonds is 3. The summed E-state index contributed by atoms with van der Waals surface area (Å²) in [5.74, 6) is -2.87. The Morgan fingerprint density at radius 3 is 2.63 bits per heavy atom. The van der Waals surface area contributed by atoms with E-state index in [-0.39, 0.29) is 11.6 Å². The van der Waals surface area contributed by atoms with Gasteiger partial charge in [-0.1, -0.05) is 0 Å². The number of aromatic hydroxyl groups is 1. The van der Waals surface area contributed by atoms with Crippen molar-refractivity contribution in [3.05, 3.63) is 29.6 Å². The second kappa shape index (κ2) is 5.26. The van der Waals surface area contributed by atoms with Gasteiger partial charge in [-0.2, -0.15) is 0 Å². The van der Waals surface area contributed by atoms with Crippen molar-refractivity contribution in [3.8, 4) is 5.75 Å². The molecule has 0 saturated heterocycles. The summed E-state index contributed by atoms with van der Waals surface area (Å²) in [7, 11) is 0. The van der Waals surface area contributed by atoms with Crippen molar-refractivity contribution >= 4 is 11.9 Å². The molecule has 0 heterocycles. The standard InChI is InChI=1S/C13H14FNO4/c14-8-2-4-10(11(16)6-8)12(17)15-9-3-1-7(5-9)13(18)19/h2,4,6-7,9,16H,1,3,5H2,(H,15,17)(H,18,19)/t7-,9+/m1/s1. The van der Waals surface area contributed by atoms with Gasteiger partial charge in [0.2, 0.25) is 0 Å². The van der Waals surface area contributed by atoms with Crippen molar-refractivity contribution in [2.45, 2.75) is 25.3 Å². The lowest BCUT2D eigenvalue weighted by Crippen LogP contribution is -2.33. The number of carbonyl (C=O) groups is 2. The zero-order valence-electron chi connectivity index (χ0n) is 10.1. The molecule has 1 aliphatic carbocycles. The fourth-order valence-corrected chi connectivity index (χ4v) is 2.30. The first-order chi connectivity index (χ1) is 8.97. The van der Waals surface area contributed by atoms with Gasteiger partial charge in [0.15, 0.2) is 0 Å². The molecule has 0 bridgehead atoms. The number of amides is 1. The number of nitrogens with one attached hydrogen (secondary N) is 1. The van der Waals surface area contributed by atoms with Crippen molar-refractivity contribution in [1.82, 2.24) is 5.32 Å². The molecule has 1 aromatic carbocycles. The van der Waals surface area contributed by atoms with E-state index in [1.807, 2.05) is 0 Å². The Bertz CT molecular complexity index is 517. The number of carboxylic acids is 1. The first-order valence-corrected chi connectivity index (χ1v) is 5.99. The minimum Gasteiger partial charge on any atom is -0.507 e. The molecular weight excluding hydrogens is 253 g/mol. The Morgan fingerprint density at radius 1 is 1.32 bits per heavy atom. The minimum absolute atomic E-state index is 0.0137. The van der Waals surface area contributed by atoms with Crippen LogP contribution in [0.25, 0.3) is 0 Å². The second-order valence-electron chi connectivity index (χ2n) is 4.68. The Kier molecular flexibility index (Phi) is 3.69. The Hall–Kier alpha value is -2.11. The van der Waals surface area contributed by atoms with Crippen LogP contribution in [-0.4, -0.2) is 28.1 Å². The fraction of sp³-hybridized carbons (Fsp3) is 0.385. The van der Waals surface area contributed by atoms with Crippen LogP contribution in [-0.2, 0) is 4.79 Å². The molecular formula is C13H14FNO4. The van der Waals surface area contributed by atoms with Gasteiger partial charge in [-0.3, -0.25) is 9.59 Å². The van der Waals surface area contributed by atoms with E-state index in [1.165, 1.54) is 6.07 Å². The summed E-state index contributed by atoms with van der Waals surface area (Å²) in [5, 5.41) is 21.0. The number of halogens is 1. The summed E-state index contributed by atoms with van der Waals surface area (Å²) in [6, 6.07) is 2.93. The van der Waals surface area contributed by atoms with E-state index in [9.17, 15) is 19.1 Å². The average molecular weight is 267 g/mol. The molecule has 1 saturated carbocycles. The lowest BCUT2D eigenvalue weighted by Gasteiger charge is -2.13. The number of hydrogen-bond donors (Lipinski definition) is 3. The van der Waals surface area contributed by atoms with E-state index in [1.54, 1.807) is 0 Å². The van der Waals surface area contributed by atoms with E-state index < -0.39 is 29.4 Å². The van der Waals surface area contributed by atoms with E-state index >= 15 is 0 Å². The van der Waals surface area contributed by atoms with Crippen LogP contribution >= 0.6 is 0 Å². The van der Waals surface area contributed by atoms with Crippen LogP contribution in [0.1, 0.15) is 29.6 Å². The highest BCUT2D eigenvalue weighted by Crippen LogP contribution is 2.26. The van der Waals surface area contributed by atoms with Crippen molar-refractivity contribution in [2.75, 3.05) is 0 Å². The molecule has 1 fully saturated rings. The predicted octanol–water partition coefficient (Wildman–Crippen LogP) is 1.51. The van der Waals surface area contributed by atoms with Crippen LogP contribution in [0, 0.1) is 11.7 Å². The topological polar surface area (TPSA) is 86.6 Å². The zero-order chi connectivity index (χ0) is 14.0. The molecule has 1 aromatic rings. The third-order valence-electron chi connectivity index (χ3n) is 3.32. The molecule has 6 heteroatoms. The summed E-state index contributed by atoms with van der Waals surface area (Å²) in [6.07, 6.45) is 1.49. The summed E-state index contributed by atoms with van der Waals surface area (Å²) in [6.45, 7) is 0. The van der Waals surface area contributed by atoms with Gasteiger partial charge in [-0.05, 0) is 31.4 Å². The van der Waals surface area contributed by atoms with Gasteiger partial charge >= 0.3 is 5.97 Å². The predicted molar refractivity (Wildman–Crippen MR) is 64.3 cm³/mol. The minimum atomic E-state index is -0.860. The quantitative estimate of drug-likeness (QED) is 0.774. The molecule has 3 N–H and O–H groups in total. The SMILES string of the molecule is O=C(N[C@H]1CC[C@@H](C(=O)O)C1)c1ccc(F)cc1O. The molecule has 0 radical (unpaired) electrons. The molecule has 0 unspecified atom stereocenters. The number of phenolic OH excluding ortho intramolecular Hbond substituents is 1. The third-order valence-corrected chi connectivity index (χ3v) is 3.32. The van der Waals surface area contributed by atoms with Crippen LogP contribution in [0.5, 0.6) is 5.75 Å². The van der Waals surface area contributed by atoms with E-state index in [4.69, 9.17) is 5.11 Å². The highest BCUT2D eigenvalue weighted by Gasteiger charge is 2.31. The third kappa shape index (κ3) is 3.01. The highest BCUT2D eigenvalue weighted by atomic mass is 19.1. The van der Waals surface area contributed by atoms with Crippen molar-refractivity contribution in [3.63, 3.8) is 0 Å². The number of carboxylic acid groups (broad SMARTS) is 1.